The van der Waals surface area contributed by atoms with E-state index in [1.807, 2.05) is 0 Å². The van der Waals surface area contributed by atoms with E-state index < -0.39 is 0 Å². The van der Waals surface area contributed by atoms with Crippen LogP contribution in [0.25, 0.3) is 5.57 Å². The molecule has 0 aliphatic heterocycles. The van der Waals surface area contributed by atoms with Crippen LogP contribution in [-0.4, -0.2) is 0 Å². The van der Waals surface area contributed by atoms with Crippen molar-refractivity contribution in [3.8, 4) is 0 Å². The van der Waals surface area contributed by atoms with E-state index in [0.717, 1.165) is 0 Å². The van der Waals surface area contributed by atoms with Gasteiger partial charge in [-0.15, -0.1) is 0 Å². The van der Waals surface area contributed by atoms with Gasteiger partial charge in [-0.1, -0.05) is 97.1 Å². The highest BCUT2D eigenvalue weighted by atomic mass is 14.4. The summed E-state index contributed by atoms with van der Waals surface area (Å²) >= 11 is 0. The topological polar surface area (TPSA) is 0 Å². The molecule has 0 spiro atoms. The maximum Gasteiger partial charge on any atom is 0.0425 e. The summed E-state index contributed by atoms with van der Waals surface area (Å²) in [5.41, 5.74) is 5.03. The number of hydrogen-bond donors (Lipinski definition) is 0. The van der Waals surface area contributed by atoms with Crippen molar-refractivity contribution in [3.05, 3.63) is 114 Å². The van der Waals surface area contributed by atoms with Crippen LogP contribution in [-0.2, 0) is 5.41 Å². The monoisotopic (exact) mass is 298 g/mol. The van der Waals surface area contributed by atoms with Gasteiger partial charge in [-0.05, 0) is 36.1 Å². The molecule has 0 heteroatoms. The van der Waals surface area contributed by atoms with Crippen LogP contribution in [0.4, 0.5) is 0 Å². The van der Waals surface area contributed by atoms with E-state index in [1.54, 1.807) is 0 Å². The highest BCUT2D eigenvalue weighted by Gasteiger charge is 2.33. The summed E-state index contributed by atoms with van der Waals surface area (Å²) < 4.78 is 0. The van der Waals surface area contributed by atoms with Gasteiger partial charge in [0.2, 0.25) is 0 Å². The number of benzene rings is 3. The second kappa shape index (κ2) is 6.66. The predicted octanol–water partition coefficient (Wildman–Crippen LogP) is 6.10. The summed E-state index contributed by atoms with van der Waals surface area (Å²) in [4.78, 5) is 0. The van der Waals surface area contributed by atoms with Gasteiger partial charge in [0.15, 0.2) is 0 Å². The molecular weight excluding hydrogens is 276 g/mol. The standard InChI is InChI=1S/C23H22/c1-3-22(19-13-7-4-8-14-19)23(2,20-15-9-5-10-16-20)21-17-11-6-12-18-21/h3-18H,1-2H3/b22-3+. The van der Waals surface area contributed by atoms with Gasteiger partial charge in [0.05, 0.1) is 0 Å². The summed E-state index contributed by atoms with van der Waals surface area (Å²) in [6.45, 7) is 4.45. The molecule has 0 saturated heterocycles. The molecule has 0 radical (unpaired) electrons. The lowest BCUT2D eigenvalue weighted by Crippen LogP contribution is -2.25. The van der Waals surface area contributed by atoms with Crippen molar-refractivity contribution in [2.24, 2.45) is 0 Å². The zero-order chi connectivity index (χ0) is 16.1. The molecule has 0 aliphatic carbocycles. The summed E-state index contributed by atoms with van der Waals surface area (Å²) in [6.07, 6.45) is 2.25. The smallest absolute Gasteiger partial charge is 0.0425 e. The lowest BCUT2D eigenvalue weighted by Gasteiger charge is -2.34. The summed E-state index contributed by atoms with van der Waals surface area (Å²) in [7, 11) is 0. The predicted molar refractivity (Wildman–Crippen MR) is 99.4 cm³/mol. The van der Waals surface area contributed by atoms with E-state index in [-0.39, 0.29) is 5.41 Å². The van der Waals surface area contributed by atoms with Gasteiger partial charge in [-0.25, -0.2) is 0 Å². The first-order chi connectivity index (χ1) is 11.3. The molecule has 3 rings (SSSR count). The first kappa shape index (κ1) is 15.3. The minimum atomic E-state index is -0.182. The summed E-state index contributed by atoms with van der Waals surface area (Å²) in [5.74, 6) is 0. The molecule has 0 unspecified atom stereocenters. The summed E-state index contributed by atoms with van der Waals surface area (Å²) in [5, 5.41) is 0. The van der Waals surface area contributed by atoms with Gasteiger partial charge in [-0.2, -0.15) is 0 Å². The third-order valence-corrected chi connectivity index (χ3v) is 4.61. The second-order valence-corrected chi connectivity index (χ2v) is 5.93. The highest BCUT2D eigenvalue weighted by molar-refractivity contribution is 5.79. The van der Waals surface area contributed by atoms with Gasteiger partial charge in [-0.3, -0.25) is 0 Å². The van der Waals surface area contributed by atoms with Gasteiger partial charge in [0.25, 0.3) is 0 Å². The van der Waals surface area contributed by atoms with E-state index in [1.165, 1.54) is 22.3 Å². The normalized spacial score (nSPS) is 12.2. The minimum Gasteiger partial charge on any atom is -0.0826 e. The molecule has 0 bridgehead atoms. The van der Waals surface area contributed by atoms with Crippen LogP contribution in [0.5, 0.6) is 0 Å². The van der Waals surface area contributed by atoms with Crippen LogP contribution < -0.4 is 0 Å². The Morgan fingerprint density at radius 3 is 1.43 bits per heavy atom. The van der Waals surface area contributed by atoms with Crippen LogP contribution in [0.2, 0.25) is 0 Å². The molecule has 0 nitrogen and oxygen atoms in total. The third-order valence-electron chi connectivity index (χ3n) is 4.61. The molecule has 23 heavy (non-hydrogen) atoms. The highest BCUT2D eigenvalue weighted by Crippen LogP contribution is 2.43. The Bertz CT molecular complexity index is 729. The van der Waals surface area contributed by atoms with Crippen molar-refractivity contribution in [3.63, 3.8) is 0 Å². The maximum atomic E-state index is 2.32. The molecule has 0 fully saturated rings. The first-order valence-electron chi connectivity index (χ1n) is 8.10. The molecule has 0 heterocycles. The van der Waals surface area contributed by atoms with E-state index >= 15 is 0 Å². The number of hydrogen-bond acceptors (Lipinski definition) is 0. The zero-order valence-corrected chi connectivity index (χ0v) is 13.7. The minimum absolute atomic E-state index is 0.182. The Labute approximate surface area is 139 Å². The Hall–Kier alpha value is -2.60. The van der Waals surface area contributed by atoms with Gasteiger partial charge in [0.1, 0.15) is 0 Å². The van der Waals surface area contributed by atoms with Crippen molar-refractivity contribution in [1.82, 2.24) is 0 Å². The fourth-order valence-corrected chi connectivity index (χ4v) is 3.38. The van der Waals surface area contributed by atoms with Crippen LogP contribution >= 0.6 is 0 Å². The Morgan fingerprint density at radius 1 is 0.652 bits per heavy atom. The van der Waals surface area contributed by atoms with Crippen molar-refractivity contribution in [2.75, 3.05) is 0 Å². The first-order valence-corrected chi connectivity index (χ1v) is 8.10. The van der Waals surface area contributed by atoms with Gasteiger partial charge >= 0.3 is 0 Å². The largest absolute Gasteiger partial charge is 0.0826 e. The molecule has 0 atom stereocenters. The fraction of sp³-hybridized carbons (Fsp3) is 0.130. The average Bonchev–Trinajstić information content (AvgIpc) is 2.64. The lowest BCUT2D eigenvalue weighted by molar-refractivity contribution is 0.745. The van der Waals surface area contributed by atoms with Gasteiger partial charge in [0, 0.05) is 5.41 Å². The van der Waals surface area contributed by atoms with Crippen LogP contribution in [0.15, 0.2) is 97.1 Å². The zero-order valence-electron chi connectivity index (χ0n) is 13.7. The third kappa shape index (κ3) is 2.85. The fourth-order valence-electron chi connectivity index (χ4n) is 3.38. The second-order valence-electron chi connectivity index (χ2n) is 5.93. The molecular formula is C23H22. The van der Waals surface area contributed by atoms with Gasteiger partial charge < -0.3 is 0 Å². The molecule has 0 saturated carbocycles. The van der Waals surface area contributed by atoms with E-state index in [0.29, 0.717) is 0 Å². The SMILES string of the molecule is C/C=C(\c1ccccc1)C(C)(c1ccccc1)c1ccccc1. The Kier molecular flexibility index (Phi) is 4.43. The van der Waals surface area contributed by atoms with Crippen LogP contribution in [0, 0.1) is 0 Å². The molecule has 3 aromatic rings. The summed E-state index contributed by atoms with van der Waals surface area (Å²) in [6, 6.07) is 32.2. The van der Waals surface area contributed by atoms with Crippen molar-refractivity contribution < 1.29 is 0 Å². The molecule has 3 aromatic carbocycles. The Balaban J connectivity index is 2.25. The quantitative estimate of drug-likeness (QED) is 0.546. The van der Waals surface area contributed by atoms with Crippen LogP contribution in [0.3, 0.4) is 0 Å². The van der Waals surface area contributed by atoms with Crippen molar-refractivity contribution >= 4 is 5.57 Å². The van der Waals surface area contributed by atoms with E-state index in [9.17, 15) is 0 Å². The maximum absolute atomic E-state index is 2.32. The van der Waals surface area contributed by atoms with E-state index in [4.69, 9.17) is 0 Å². The molecule has 0 amide bonds. The van der Waals surface area contributed by atoms with E-state index in [2.05, 4.69) is 111 Å². The molecule has 114 valence electrons. The van der Waals surface area contributed by atoms with Crippen molar-refractivity contribution in [1.29, 1.82) is 0 Å². The Morgan fingerprint density at radius 2 is 1.04 bits per heavy atom. The molecule has 0 aliphatic rings. The van der Waals surface area contributed by atoms with Crippen molar-refractivity contribution in [2.45, 2.75) is 19.3 Å². The average molecular weight is 298 g/mol. The lowest BCUT2D eigenvalue weighted by atomic mass is 9.68. The molecule has 0 N–H and O–H groups in total. The van der Waals surface area contributed by atoms with Crippen LogP contribution in [0.1, 0.15) is 30.5 Å². The molecule has 0 aromatic heterocycles. The number of rotatable bonds is 4. The number of allylic oxidation sites excluding steroid dienone is 2.